The maximum atomic E-state index is 13.4. The fraction of sp³-hybridized carbons (Fsp3) is 0.500. The van der Waals surface area contributed by atoms with Gasteiger partial charge in [-0.05, 0) is 45.8 Å². The van der Waals surface area contributed by atoms with Crippen LogP contribution in [0.2, 0.25) is 0 Å². The zero-order valence-corrected chi connectivity index (χ0v) is 14.0. The summed E-state index contributed by atoms with van der Waals surface area (Å²) >= 11 is 3.07. The average molecular weight is 379 g/mol. The van der Waals surface area contributed by atoms with E-state index in [2.05, 4.69) is 20.7 Å². The number of hydrogen-bond acceptors (Lipinski definition) is 4. The van der Waals surface area contributed by atoms with Gasteiger partial charge in [0, 0.05) is 0 Å². The molecule has 2 rings (SSSR count). The standard InChI is InChI=1S/C14H16BrFO4S/c1-20-12(17)7-14(5-6-14)9-21(18,19)8-10-3-2-4-11(16)13(10)15/h2-4H,5-9H2,1H3. The minimum Gasteiger partial charge on any atom is -0.469 e. The number of halogens is 2. The number of carbonyl (C=O) groups excluding carboxylic acids is 1. The molecule has 0 amide bonds. The monoisotopic (exact) mass is 378 g/mol. The second-order valence-electron chi connectivity index (χ2n) is 5.50. The van der Waals surface area contributed by atoms with Crippen LogP contribution in [0.5, 0.6) is 0 Å². The van der Waals surface area contributed by atoms with Gasteiger partial charge in [-0.25, -0.2) is 12.8 Å². The number of methoxy groups -OCH3 is 1. The first-order valence-electron chi connectivity index (χ1n) is 6.47. The van der Waals surface area contributed by atoms with Gasteiger partial charge in [0.1, 0.15) is 5.82 Å². The fourth-order valence-electron chi connectivity index (χ4n) is 2.34. The van der Waals surface area contributed by atoms with E-state index >= 15 is 0 Å². The number of esters is 1. The Bertz CT molecular complexity index is 653. The molecule has 0 heterocycles. The molecule has 21 heavy (non-hydrogen) atoms. The Kier molecular flexibility index (Phi) is 4.72. The predicted molar refractivity (Wildman–Crippen MR) is 79.9 cm³/mol. The van der Waals surface area contributed by atoms with E-state index < -0.39 is 27.0 Å². The van der Waals surface area contributed by atoms with Crippen LogP contribution in [0.15, 0.2) is 22.7 Å². The minimum absolute atomic E-state index is 0.0714. The molecule has 4 nitrogen and oxygen atoms in total. The number of ether oxygens (including phenoxy) is 1. The van der Waals surface area contributed by atoms with Gasteiger partial charge >= 0.3 is 5.97 Å². The van der Waals surface area contributed by atoms with Crippen molar-refractivity contribution in [2.45, 2.75) is 25.0 Å². The van der Waals surface area contributed by atoms with E-state index in [-0.39, 0.29) is 22.4 Å². The van der Waals surface area contributed by atoms with Crippen LogP contribution >= 0.6 is 15.9 Å². The van der Waals surface area contributed by atoms with Crippen molar-refractivity contribution >= 4 is 31.7 Å². The van der Waals surface area contributed by atoms with Crippen molar-refractivity contribution in [1.29, 1.82) is 0 Å². The van der Waals surface area contributed by atoms with Gasteiger partial charge in [0.2, 0.25) is 0 Å². The molecule has 0 aliphatic heterocycles. The summed E-state index contributed by atoms with van der Waals surface area (Å²) in [5.74, 6) is -1.19. The first kappa shape index (κ1) is 16.4. The molecule has 1 saturated carbocycles. The van der Waals surface area contributed by atoms with Crippen LogP contribution in [0.4, 0.5) is 4.39 Å². The second-order valence-corrected chi connectivity index (χ2v) is 8.36. The smallest absolute Gasteiger partial charge is 0.306 e. The highest BCUT2D eigenvalue weighted by Gasteiger charge is 2.47. The highest BCUT2D eigenvalue weighted by atomic mass is 79.9. The molecule has 0 bridgehead atoms. The molecule has 1 aliphatic rings. The number of benzene rings is 1. The second kappa shape index (κ2) is 6.04. The molecule has 0 unspecified atom stereocenters. The zero-order chi connectivity index (χ0) is 15.7. The molecule has 0 atom stereocenters. The summed E-state index contributed by atoms with van der Waals surface area (Å²) in [6.07, 6.45) is 1.52. The van der Waals surface area contributed by atoms with E-state index in [1.165, 1.54) is 19.2 Å². The third-order valence-corrected chi connectivity index (χ3v) is 6.33. The normalized spacial score (nSPS) is 16.5. The summed E-state index contributed by atoms with van der Waals surface area (Å²) in [6.45, 7) is 0. The van der Waals surface area contributed by atoms with Crippen LogP contribution in [0, 0.1) is 11.2 Å². The van der Waals surface area contributed by atoms with E-state index in [0.29, 0.717) is 18.4 Å². The van der Waals surface area contributed by atoms with Crippen molar-refractivity contribution in [2.75, 3.05) is 12.9 Å². The highest BCUT2D eigenvalue weighted by Crippen LogP contribution is 2.50. The van der Waals surface area contributed by atoms with Crippen molar-refractivity contribution in [2.24, 2.45) is 5.41 Å². The molecule has 1 fully saturated rings. The maximum Gasteiger partial charge on any atom is 0.306 e. The largest absolute Gasteiger partial charge is 0.469 e. The molecule has 0 saturated heterocycles. The van der Waals surface area contributed by atoms with Gasteiger partial charge < -0.3 is 4.74 Å². The Labute approximate surface area is 131 Å². The maximum absolute atomic E-state index is 13.4. The van der Waals surface area contributed by atoms with Crippen LogP contribution in [0.1, 0.15) is 24.8 Å². The summed E-state index contributed by atoms with van der Waals surface area (Å²) in [5, 5.41) is 0. The zero-order valence-electron chi connectivity index (χ0n) is 11.6. The lowest BCUT2D eigenvalue weighted by Gasteiger charge is -2.14. The van der Waals surface area contributed by atoms with Crippen LogP contribution in [0.3, 0.4) is 0 Å². The lowest BCUT2D eigenvalue weighted by atomic mass is 10.1. The molecule has 0 N–H and O–H groups in total. The first-order chi connectivity index (χ1) is 9.77. The SMILES string of the molecule is COC(=O)CC1(CS(=O)(=O)Cc2cccc(F)c2Br)CC1. The van der Waals surface area contributed by atoms with Crippen LogP contribution in [-0.2, 0) is 25.1 Å². The van der Waals surface area contributed by atoms with Crippen LogP contribution in [-0.4, -0.2) is 27.2 Å². The van der Waals surface area contributed by atoms with Crippen molar-refractivity contribution in [3.8, 4) is 0 Å². The van der Waals surface area contributed by atoms with Gasteiger partial charge in [-0.1, -0.05) is 12.1 Å². The minimum atomic E-state index is -3.43. The molecule has 1 aliphatic carbocycles. The summed E-state index contributed by atoms with van der Waals surface area (Å²) in [5.41, 5.74) is -0.102. The Hall–Kier alpha value is -0.950. The van der Waals surface area contributed by atoms with Crippen molar-refractivity contribution < 1.29 is 22.3 Å². The van der Waals surface area contributed by atoms with Crippen molar-refractivity contribution in [3.63, 3.8) is 0 Å². The Morgan fingerprint density at radius 2 is 2.10 bits per heavy atom. The van der Waals surface area contributed by atoms with Gasteiger partial charge in [-0.15, -0.1) is 0 Å². The van der Waals surface area contributed by atoms with Gasteiger partial charge in [-0.2, -0.15) is 0 Å². The molecule has 1 aromatic rings. The molecule has 7 heteroatoms. The van der Waals surface area contributed by atoms with Gasteiger partial charge in [0.15, 0.2) is 9.84 Å². The number of sulfone groups is 1. The number of carbonyl (C=O) groups is 1. The van der Waals surface area contributed by atoms with E-state index in [1.54, 1.807) is 6.07 Å². The van der Waals surface area contributed by atoms with Gasteiger partial charge in [0.05, 0.1) is 29.5 Å². The molecule has 116 valence electrons. The van der Waals surface area contributed by atoms with Gasteiger partial charge in [0.25, 0.3) is 0 Å². The predicted octanol–water partition coefficient (Wildman–Crippen LogP) is 2.85. The van der Waals surface area contributed by atoms with E-state index in [9.17, 15) is 17.6 Å². The number of hydrogen-bond donors (Lipinski definition) is 0. The fourth-order valence-corrected chi connectivity index (χ4v) is 5.07. The molecular formula is C14H16BrFO4S. The average Bonchev–Trinajstić information content (AvgIpc) is 3.13. The summed E-state index contributed by atoms with van der Waals surface area (Å²) < 4.78 is 42.8. The van der Waals surface area contributed by atoms with Crippen LogP contribution < -0.4 is 0 Å². The third-order valence-electron chi connectivity index (χ3n) is 3.64. The van der Waals surface area contributed by atoms with E-state index in [0.717, 1.165) is 0 Å². The van der Waals surface area contributed by atoms with E-state index in [4.69, 9.17) is 0 Å². The summed E-state index contributed by atoms with van der Waals surface area (Å²) in [6, 6.07) is 4.32. The molecular weight excluding hydrogens is 363 g/mol. The Morgan fingerprint density at radius 1 is 1.43 bits per heavy atom. The van der Waals surface area contributed by atoms with Crippen LogP contribution in [0.25, 0.3) is 0 Å². The summed E-state index contributed by atoms with van der Waals surface area (Å²) in [7, 11) is -2.14. The number of rotatable bonds is 6. The molecule has 0 radical (unpaired) electrons. The lowest BCUT2D eigenvalue weighted by Crippen LogP contribution is -2.22. The molecule has 0 aromatic heterocycles. The highest BCUT2D eigenvalue weighted by molar-refractivity contribution is 9.10. The topological polar surface area (TPSA) is 60.4 Å². The van der Waals surface area contributed by atoms with E-state index in [1.807, 2.05) is 0 Å². The molecule has 1 aromatic carbocycles. The first-order valence-corrected chi connectivity index (χ1v) is 9.08. The Morgan fingerprint density at radius 3 is 2.67 bits per heavy atom. The third kappa shape index (κ3) is 4.26. The molecule has 0 spiro atoms. The quantitative estimate of drug-likeness (QED) is 0.714. The van der Waals surface area contributed by atoms with Gasteiger partial charge in [-0.3, -0.25) is 4.79 Å². The van der Waals surface area contributed by atoms with Crippen molar-refractivity contribution in [1.82, 2.24) is 0 Å². The Balaban J connectivity index is 2.09. The van der Waals surface area contributed by atoms with Crippen molar-refractivity contribution in [3.05, 3.63) is 34.1 Å². The lowest BCUT2D eigenvalue weighted by molar-refractivity contribution is -0.141. The summed E-state index contributed by atoms with van der Waals surface area (Å²) in [4.78, 5) is 11.3.